The molecule has 170 valence electrons. The number of anilines is 1. The van der Waals surface area contributed by atoms with Gasteiger partial charge in [-0.15, -0.1) is 0 Å². The van der Waals surface area contributed by atoms with Crippen LogP contribution in [0.1, 0.15) is 68.1 Å². The van der Waals surface area contributed by atoms with Gasteiger partial charge in [-0.3, -0.25) is 14.3 Å². The number of pyridine rings is 2. The molecular weight excluding hydrogens is 396 g/mol. The molecule has 2 atom stereocenters. The van der Waals surface area contributed by atoms with E-state index in [9.17, 15) is 0 Å². The summed E-state index contributed by atoms with van der Waals surface area (Å²) in [6, 6.07) is 11.5. The normalized spacial score (nSPS) is 23.3. The summed E-state index contributed by atoms with van der Waals surface area (Å²) in [5.74, 6) is 1.74. The first kappa shape index (κ1) is 21.4. The number of likely N-dealkylation sites (N-methyl/N-ethyl adjacent to an activating group) is 1. The zero-order chi connectivity index (χ0) is 22.2. The molecule has 2 saturated heterocycles. The highest BCUT2D eigenvalue weighted by Crippen LogP contribution is 2.41. The molecule has 0 radical (unpaired) electrons. The molecule has 2 unspecified atom stereocenters. The molecule has 3 aromatic heterocycles. The number of imidazole rings is 1. The number of hydrogen-bond donors (Lipinski definition) is 0. The van der Waals surface area contributed by atoms with Crippen LogP contribution in [0, 0.1) is 0 Å². The molecule has 0 saturated carbocycles. The molecule has 6 heteroatoms. The standard InChI is InChI=1S/C26H36N6/c1-19(2)20-8-7-13-27-26(20)23-10-5-9-22(30(23)4)21-18-32-24(28-21)11-6-12-25(32)31-16-14-29(3)15-17-31/h6-8,11-13,18-19,22-23H,5,9-10,14-17H2,1-4H3. The van der Waals surface area contributed by atoms with Gasteiger partial charge in [0.25, 0.3) is 0 Å². The zero-order valence-corrected chi connectivity index (χ0v) is 19.9. The quantitative estimate of drug-likeness (QED) is 0.607. The summed E-state index contributed by atoms with van der Waals surface area (Å²) >= 11 is 0. The molecule has 0 spiro atoms. The Morgan fingerprint density at radius 2 is 1.72 bits per heavy atom. The summed E-state index contributed by atoms with van der Waals surface area (Å²) in [7, 11) is 4.47. The lowest BCUT2D eigenvalue weighted by Gasteiger charge is -2.39. The zero-order valence-electron chi connectivity index (χ0n) is 19.9. The van der Waals surface area contributed by atoms with Crippen molar-refractivity contribution in [2.24, 2.45) is 0 Å². The molecular formula is C26H36N6. The first-order valence-electron chi connectivity index (χ1n) is 12.1. The number of aromatic nitrogens is 3. The fourth-order valence-corrected chi connectivity index (χ4v) is 5.48. The van der Waals surface area contributed by atoms with Crippen LogP contribution in [0.4, 0.5) is 5.82 Å². The van der Waals surface area contributed by atoms with Crippen LogP contribution >= 0.6 is 0 Å². The van der Waals surface area contributed by atoms with Crippen LogP contribution in [0.2, 0.25) is 0 Å². The van der Waals surface area contributed by atoms with E-state index in [-0.39, 0.29) is 0 Å². The fraction of sp³-hybridized carbons (Fsp3) is 0.538. The third kappa shape index (κ3) is 3.90. The molecule has 5 rings (SSSR count). The Morgan fingerprint density at radius 1 is 0.938 bits per heavy atom. The number of likely N-dealkylation sites (tertiary alicyclic amines) is 1. The van der Waals surface area contributed by atoms with Crippen molar-refractivity contribution in [3.05, 3.63) is 59.7 Å². The highest BCUT2D eigenvalue weighted by Gasteiger charge is 2.33. The van der Waals surface area contributed by atoms with Gasteiger partial charge in [0, 0.05) is 38.6 Å². The Morgan fingerprint density at radius 3 is 2.50 bits per heavy atom. The van der Waals surface area contributed by atoms with E-state index in [0.29, 0.717) is 18.0 Å². The topological polar surface area (TPSA) is 39.9 Å². The van der Waals surface area contributed by atoms with Crippen LogP contribution in [0.15, 0.2) is 42.7 Å². The first-order valence-corrected chi connectivity index (χ1v) is 12.1. The van der Waals surface area contributed by atoms with Gasteiger partial charge >= 0.3 is 0 Å². The van der Waals surface area contributed by atoms with Gasteiger partial charge < -0.3 is 9.80 Å². The molecule has 6 nitrogen and oxygen atoms in total. The van der Waals surface area contributed by atoms with Gasteiger partial charge in [-0.05, 0) is 63.0 Å². The predicted octanol–water partition coefficient (Wildman–Crippen LogP) is 4.50. The monoisotopic (exact) mass is 432 g/mol. The lowest BCUT2D eigenvalue weighted by Crippen LogP contribution is -2.45. The molecule has 0 bridgehead atoms. The van der Waals surface area contributed by atoms with Gasteiger partial charge in [-0.25, -0.2) is 4.98 Å². The summed E-state index contributed by atoms with van der Waals surface area (Å²) in [6.07, 6.45) is 7.74. The van der Waals surface area contributed by atoms with Crippen molar-refractivity contribution in [1.29, 1.82) is 0 Å². The Hall–Kier alpha value is -2.44. The summed E-state index contributed by atoms with van der Waals surface area (Å²) < 4.78 is 2.30. The number of hydrogen-bond acceptors (Lipinski definition) is 5. The second-order valence-electron chi connectivity index (χ2n) is 9.83. The SMILES string of the molecule is CC(C)c1cccnc1C1CCCC(c2cn3c(N4CCN(C)CC4)cccc3n2)N1C. The van der Waals surface area contributed by atoms with Crippen LogP contribution in [-0.4, -0.2) is 64.4 Å². The van der Waals surface area contributed by atoms with E-state index in [1.807, 2.05) is 6.20 Å². The Kier molecular flexibility index (Phi) is 5.91. The maximum Gasteiger partial charge on any atom is 0.138 e. The number of piperazine rings is 1. The maximum atomic E-state index is 5.11. The lowest BCUT2D eigenvalue weighted by molar-refractivity contribution is 0.109. The average Bonchev–Trinajstić information content (AvgIpc) is 3.24. The van der Waals surface area contributed by atoms with Crippen molar-refractivity contribution in [3.63, 3.8) is 0 Å². The molecule has 0 aliphatic carbocycles. The van der Waals surface area contributed by atoms with Gasteiger partial charge in [-0.2, -0.15) is 0 Å². The van der Waals surface area contributed by atoms with Crippen LogP contribution in [-0.2, 0) is 0 Å². The third-order valence-electron chi connectivity index (χ3n) is 7.41. The van der Waals surface area contributed by atoms with Crippen molar-refractivity contribution in [2.75, 3.05) is 45.2 Å². The van der Waals surface area contributed by atoms with Crippen LogP contribution in [0.25, 0.3) is 5.65 Å². The van der Waals surface area contributed by atoms with Crippen molar-refractivity contribution in [2.45, 2.75) is 51.1 Å². The minimum atomic E-state index is 0.316. The van der Waals surface area contributed by atoms with Gasteiger partial charge in [0.15, 0.2) is 0 Å². The minimum Gasteiger partial charge on any atom is -0.355 e. The lowest BCUT2D eigenvalue weighted by atomic mass is 9.88. The fourth-order valence-electron chi connectivity index (χ4n) is 5.48. The average molecular weight is 433 g/mol. The van der Waals surface area contributed by atoms with Crippen LogP contribution < -0.4 is 4.90 Å². The third-order valence-corrected chi connectivity index (χ3v) is 7.41. The molecule has 32 heavy (non-hydrogen) atoms. The van der Waals surface area contributed by atoms with Crippen molar-refractivity contribution in [3.8, 4) is 0 Å². The minimum absolute atomic E-state index is 0.316. The number of fused-ring (bicyclic) bond motifs is 1. The van der Waals surface area contributed by atoms with Gasteiger partial charge in [-0.1, -0.05) is 26.0 Å². The second kappa shape index (κ2) is 8.83. The van der Waals surface area contributed by atoms with Gasteiger partial charge in [0.2, 0.25) is 0 Å². The number of piperidine rings is 1. The van der Waals surface area contributed by atoms with Gasteiger partial charge in [0.05, 0.1) is 23.5 Å². The van der Waals surface area contributed by atoms with E-state index in [4.69, 9.17) is 9.97 Å². The van der Waals surface area contributed by atoms with E-state index in [1.54, 1.807) is 0 Å². The van der Waals surface area contributed by atoms with Crippen LogP contribution in [0.3, 0.4) is 0 Å². The predicted molar refractivity (Wildman–Crippen MR) is 130 cm³/mol. The molecule has 2 aliphatic heterocycles. The molecule has 0 amide bonds. The first-order chi connectivity index (χ1) is 15.5. The molecule has 2 aliphatic rings. The van der Waals surface area contributed by atoms with E-state index in [2.05, 4.69) is 83.6 Å². The van der Waals surface area contributed by atoms with Crippen molar-refractivity contribution < 1.29 is 0 Å². The Labute approximate surface area is 191 Å². The highest BCUT2D eigenvalue weighted by atomic mass is 15.3. The molecule has 5 heterocycles. The molecule has 3 aromatic rings. The number of rotatable bonds is 4. The molecule has 0 aromatic carbocycles. The van der Waals surface area contributed by atoms with E-state index >= 15 is 0 Å². The summed E-state index contributed by atoms with van der Waals surface area (Å²) in [4.78, 5) is 17.4. The Bertz CT molecular complexity index is 1070. The molecule has 0 N–H and O–H groups in total. The smallest absolute Gasteiger partial charge is 0.138 e. The second-order valence-corrected chi connectivity index (χ2v) is 9.83. The largest absolute Gasteiger partial charge is 0.355 e. The van der Waals surface area contributed by atoms with Crippen molar-refractivity contribution >= 4 is 11.5 Å². The van der Waals surface area contributed by atoms with E-state index < -0.39 is 0 Å². The Balaban J connectivity index is 1.46. The van der Waals surface area contributed by atoms with Crippen LogP contribution in [0.5, 0.6) is 0 Å². The maximum absolute atomic E-state index is 5.11. The summed E-state index contributed by atoms with van der Waals surface area (Å²) in [5, 5.41) is 0. The molecule has 2 fully saturated rings. The summed E-state index contributed by atoms with van der Waals surface area (Å²) in [6.45, 7) is 8.87. The summed E-state index contributed by atoms with van der Waals surface area (Å²) in [5.41, 5.74) is 4.85. The van der Waals surface area contributed by atoms with Crippen molar-refractivity contribution in [1.82, 2.24) is 24.2 Å². The highest BCUT2D eigenvalue weighted by molar-refractivity contribution is 5.53. The van der Waals surface area contributed by atoms with Gasteiger partial charge in [0.1, 0.15) is 11.5 Å². The van der Waals surface area contributed by atoms with E-state index in [0.717, 1.165) is 44.7 Å². The van der Waals surface area contributed by atoms with E-state index in [1.165, 1.54) is 29.2 Å². The number of nitrogens with zero attached hydrogens (tertiary/aromatic N) is 6.